The Morgan fingerprint density at radius 2 is 1.65 bits per heavy atom. The summed E-state index contributed by atoms with van der Waals surface area (Å²) in [6, 6.07) is 11.0. The molecule has 106 valence electrons. The normalized spacial score (nSPS) is 10.6. The number of hydrogen-bond donors (Lipinski definition) is 1. The van der Waals surface area contributed by atoms with E-state index in [1.165, 1.54) is 6.07 Å². The average Bonchev–Trinajstić information content (AvgIpc) is 2.45. The maximum absolute atomic E-state index is 13.1. The van der Waals surface area contributed by atoms with Gasteiger partial charge in [-0.05, 0) is 42.8 Å². The Kier molecular flexibility index (Phi) is 5.07. The predicted molar refractivity (Wildman–Crippen MR) is 74.9 cm³/mol. The van der Waals surface area contributed by atoms with E-state index in [0.717, 1.165) is 37.2 Å². The van der Waals surface area contributed by atoms with Crippen LogP contribution in [0.4, 0.5) is 8.78 Å². The summed E-state index contributed by atoms with van der Waals surface area (Å²) in [5, 5.41) is 3.30. The van der Waals surface area contributed by atoms with Crippen LogP contribution < -0.4 is 10.1 Å². The summed E-state index contributed by atoms with van der Waals surface area (Å²) in [4.78, 5) is 0. The zero-order valence-corrected chi connectivity index (χ0v) is 11.3. The lowest BCUT2D eigenvalue weighted by atomic mass is 10.2. The molecule has 0 atom stereocenters. The second-order valence-corrected chi connectivity index (χ2v) is 4.50. The number of ether oxygens (including phenoxy) is 1. The van der Waals surface area contributed by atoms with Crippen molar-refractivity contribution in [2.75, 3.05) is 6.54 Å². The van der Waals surface area contributed by atoms with Gasteiger partial charge in [0.1, 0.15) is 11.5 Å². The van der Waals surface area contributed by atoms with E-state index in [0.29, 0.717) is 5.75 Å². The molecule has 2 nitrogen and oxygen atoms in total. The monoisotopic (exact) mass is 277 g/mol. The Balaban J connectivity index is 1.97. The minimum atomic E-state index is -0.914. The molecule has 2 aromatic rings. The predicted octanol–water partition coefficient (Wildman–Crippen LogP) is 4.26. The number of halogens is 2. The molecule has 2 rings (SSSR count). The van der Waals surface area contributed by atoms with Crippen LogP contribution in [-0.2, 0) is 6.54 Å². The van der Waals surface area contributed by atoms with Gasteiger partial charge in [0.15, 0.2) is 11.6 Å². The molecule has 4 heteroatoms. The zero-order valence-electron chi connectivity index (χ0n) is 11.3. The lowest BCUT2D eigenvalue weighted by Gasteiger charge is -2.08. The summed E-state index contributed by atoms with van der Waals surface area (Å²) in [5.74, 6) is -0.923. The highest BCUT2D eigenvalue weighted by Crippen LogP contribution is 2.23. The molecule has 0 saturated heterocycles. The highest BCUT2D eigenvalue weighted by molar-refractivity contribution is 5.33. The van der Waals surface area contributed by atoms with Crippen molar-refractivity contribution in [3.63, 3.8) is 0 Å². The maximum Gasteiger partial charge on any atom is 0.162 e. The molecule has 0 aliphatic heterocycles. The fourth-order valence-corrected chi connectivity index (χ4v) is 1.76. The summed E-state index contributed by atoms with van der Waals surface area (Å²) in [6.07, 6.45) is 1.09. The SMILES string of the molecule is CCCNCc1ccc(Oc2ccc(F)c(F)c2)cc1. The molecule has 0 bridgehead atoms. The van der Waals surface area contributed by atoms with Crippen LogP contribution in [-0.4, -0.2) is 6.54 Å². The van der Waals surface area contributed by atoms with E-state index in [4.69, 9.17) is 4.74 Å². The first-order chi connectivity index (χ1) is 9.69. The van der Waals surface area contributed by atoms with Crippen LogP contribution in [0.5, 0.6) is 11.5 Å². The van der Waals surface area contributed by atoms with E-state index < -0.39 is 11.6 Å². The van der Waals surface area contributed by atoms with Crippen LogP contribution in [0, 0.1) is 11.6 Å². The molecule has 0 aromatic heterocycles. The molecule has 0 aliphatic carbocycles. The Morgan fingerprint density at radius 3 is 2.30 bits per heavy atom. The number of hydrogen-bond acceptors (Lipinski definition) is 2. The summed E-state index contributed by atoms with van der Waals surface area (Å²) in [7, 11) is 0. The van der Waals surface area contributed by atoms with Crippen molar-refractivity contribution in [1.29, 1.82) is 0 Å². The van der Waals surface area contributed by atoms with E-state index in [-0.39, 0.29) is 5.75 Å². The van der Waals surface area contributed by atoms with Crippen molar-refractivity contribution in [1.82, 2.24) is 5.32 Å². The van der Waals surface area contributed by atoms with Crippen LogP contribution in [0.3, 0.4) is 0 Å². The van der Waals surface area contributed by atoms with Crippen molar-refractivity contribution in [2.24, 2.45) is 0 Å². The molecule has 0 fully saturated rings. The van der Waals surface area contributed by atoms with E-state index in [1.807, 2.05) is 24.3 Å². The molecule has 0 unspecified atom stereocenters. The van der Waals surface area contributed by atoms with E-state index >= 15 is 0 Å². The third kappa shape index (κ3) is 4.03. The minimum absolute atomic E-state index is 0.278. The Bertz CT molecular complexity index is 555. The van der Waals surface area contributed by atoms with Crippen molar-refractivity contribution >= 4 is 0 Å². The maximum atomic E-state index is 13.1. The lowest BCUT2D eigenvalue weighted by Crippen LogP contribution is -2.13. The van der Waals surface area contributed by atoms with Gasteiger partial charge in [-0.2, -0.15) is 0 Å². The quantitative estimate of drug-likeness (QED) is 0.797. The zero-order chi connectivity index (χ0) is 14.4. The average molecular weight is 277 g/mol. The minimum Gasteiger partial charge on any atom is -0.457 e. The summed E-state index contributed by atoms with van der Waals surface area (Å²) in [6.45, 7) is 3.90. The third-order valence-electron chi connectivity index (χ3n) is 2.81. The molecule has 2 aromatic carbocycles. The molecule has 0 amide bonds. The lowest BCUT2D eigenvalue weighted by molar-refractivity contribution is 0.461. The Hall–Kier alpha value is -1.94. The van der Waals surface area contributed by atoms with Crippen LogP contribution in [0.2, 0.25) is 0 Å². The molecule has 20 heavy (non-hydrogen) atoms. The first-order valence-electron chi connectivity index (χ1n) is 6.61. The standard InChI is InChI=1S/C16H17F2NO/c1-2-9-19-11-12-3-5-13(6-4-12)20-14-7-8-15(17)16(18)10-14/h3-8,10,19H,2,9,11H2,1H3. The molecular formula is C16H17F2NO. The first-order valence-corrected chi connectivity index (χ1v) is 6.61. The second-order valence-electron chi connectivity index (χ2n) is 4.50. The van der Waals surface area contributed by atoms with Gasteiger partial charge in [0.2, 0.25) is 0 Å². The fourth-order valence-electron chi connectivity index (χ4n) is 1.76. The largest absolute Gasteiger partial charge is 0.457 e. The van der Waals surface area contributed by atoms with E-state index in [9.17, 15) is 8.78 Å². The van der Waals surface area contributed by atoms with Crippen molar-refractivity contribution < 1.29 is 13.5 Å². The van der Waals surface area contributed by atoms with Crippen LogP contribution in [0.15, 0.2) is 42.5 Å². The van der Waals surface area contributed by atoms with E-state index in [1.54, 1.807) is 0 Å². The van der Waals surface area contributed by atoms with Gasteiger partial charge in [-0.3, -0.25) is 0 Å². The molecule has 1 N–H and O–H groups in total. The number of rotatable bonds is 6. The summed E-state index contributed by atoms with van der Waals surface area (Å²) in [5.41, 5.74) is 1.15. The Morgan fingerprint density at radius 1 is 0.950 bits per heavy atom. The molecular weight excluding hydrogens is 260 g/mol. The van der Waals surface area contributed by atoms with Gasteiger partial charge in [0.25, 0.3) is 0 Å². The number of benzene rings is 2. The Labute approximate surface area is 117 Å². The molecule has 0 aliphatic rings. The smallest absolute Gasteiger partial charge is 0.162 e. The van der Waals surface area contributed by atoms with Gasteiger partial charge in [-0.1, -0.05) is 19.1 Å². The van der Waals surface area contributed by atoms with Crippen LogP contribution >= 0.6 is 0 Å². The van der Waals surface area contributed by atoms with Gasteiger partial charge in [0, 0.05) is 12.6 Å². The molecule has 0 heterocycles. The third-order valence-corrected chi connectivity index (χ3v) is 2.81. The topological polar surface area (TPSA) is 21.3 Å². The van der Waals surface area contributed by atoms with Gasteiger partial charge in [-0.15, -0.1) is 0 Å². The highest BCUT2D eigenvalue weighted by Gasteiger charge is 2.04. The summed E-state index contributed by atoms with van der Waals surface area (Å²) >= 11 is 0. The fraction of sp³-hybridized carbons (Fsp3) is 0.250. The molecule has 0 radical (unpaired) electrons. The molecule has 0 spiro atoms. The first kappa shape index (κ1) is 14.5. The van der Waals surface area contributed by atoms with Gasteiger partial charge >= 0.3 is 0 Å². The van der Waals surface area contributed by atoms with Gasteiger partial charge in [-0.25, -0.2) is 8.78 Å². The van der Waals surface area contributed by atoms with Gasteiger partial charge in [0.05, 0.1) is 0 Å². The summed E-state index contributed by atoms with van der Waals surface area (Å²) < 4.78 is 31.3. The second kappa shape index (κ2) is 7.01. The highest BCUT2D eigenvalue weighted by atomic mass is 19.2. The van der Waals surface area contributed by atoms with E-state index in [2.05, 4.69) is 12.2 Å². The van der Waals surface area contributed by atoms with Crippen molar-refractivity contribution in [3.8, 4) is 11.5 Å². The van der Waals surface area contributed by atoms with Crippen LogP contribution in [0.1, 0.15) is 18.9 Å². The number of nitrogens with one attached hydrogen (secondary N) is 1. The van der Waals surface area contributed by atoms with Crippen molar-refractivity contribution in [3.05, 3.63) is 59.7 Å². The molecule has 0 saturated carbocycles. The van der Waals surface area contributed by atoms with Gasteiger partial charge < -0.3 is 10.1 Å². The van der Waals surface area contributed by atoms with Crippen molar-refractivity contribution in [2.45, 2.75) is 19.9 Å². The van der Waals surface area contributed by atoms with Crippen LogP contribution in [0.25, 0.3) is 0 Å².